The van der Waals surface area contributed by atoms with E-state index in [0.29, 0.717) is 23.5 Å². The highest BCUT2D eigenvalue weighted by molar-refractivity contribution is 7.91. The van der Waals surface area contributed by atoms with Crippen molar-refractivity contribution in [1.82, 2.24) is 4.57 Å². The van der Waals surface area contributed by atoms with Crippen molar-refractivity contribution in [3.63, 3.8) is 0 Å². The third-order valence-electron chi connectivity index (χ3n) is 5.77. The number of rotatable bonds is 5. The Bertz CT molecular complexity index is 1080. The highest BCUT2D eigenvalue weighted by Crippen LogP contribution is 2.41. The largest absolute Gasteiger partial charge is 0.483 e. The number of ketones is 1. The van der Waals surface area contributed by atoms with E-state index < -0.39 is 9.84 Å². The molecule has 4 rings (SSSR count). The first-order chi connectivity index (χ1) is 13.6. The van der Waals surface area contributed by atoms with E-state index >= 15 is 0 Å². The number of para-hydroxylation sites is 1. The average molecular weight is 418 g/mol. The lowest BCUT2D eigenvalue weighted by molar-refractivity contribution is 0.0911. The zero-order valence-electron chi connectivity index (χ0n) is 17.3. The number of carbonyl (C=O) groups excluding carboxylic acids is 1. The molecule has 1 fully saturated rings. The van der Waals surface area contributed by atoms with Crippen LogP contribution < -0.4 is 9.47 Å². The van der Waals surface area contributed by atoms with E-state index in [1.165, 1.54) is 0 Å². The topological polar surface area (TPSA) is 74.6 Å². The van der Waals surface area contributed by atoms with E-state index in [2.05, 4.69) is 0 Å². The van der Waals surface area contributed by atoms with Gasteiger partial charge in [0.05, 0.1) is 11.5 Å². The second kappa shape index (κ2) is 6.90. The molecule has 156 valence electrons. The maximum Gasteiger partial charge on any atom is 0.202 e. The van der Waals surface area contributed by atoms with Gasteiger partial charge in [0.1, 0.15) is 5.60 Å². The van der Waals surface area contributed by atoms with Crippen molar-refractivity contribution >= 4 is 15.6 Å². The Morgan fingerprint density at radius 2 is 2.07 bits per heavy atom. The van der Waals surface area contributed by atoms with Gasteiger partial charge in [0.2, 0.25) is 5.78 Å². The standard InChI is InChI=1S/C22H27NO5S/c1-14-10-18(15(2)23(14)17-8-9-29(25,26)13-17)19(24)12-27-20-7-5-6-16-11-22(3,4)28-21(16)20/h5-7,10,17H,8-9,11-13H2,1-4H3/t17-/m1/s1. The summed E-state index contributed by atoms with van der Waals surface area (Å²) in [7, 11) is -2.99. The van der Waals surface area contributed by atoms with Crippen LogP contribution in [0.5, 0.6) is 11.5 Å². The first-order valence-electron chi connectivity index (χ1n) is 9.92. The fraction of sp³-hybridized carbons (Fsp3) is 0.500. The molecule has 0 radical (unpaired) electrons. The fourth-order valence-electron chi connectivity index (χ4n) is 4.52. The van der Waals surface area contributed by atoms with Crippen LogP contribution in [0.15, 0.2) is 24.3 Å². The third-order valence-corrected chi connectivity index (χ3v) is 7.52. The van der Waals surface area contributed by atoms with Gasteiger partial charge in [-0.15, -0.1) is 0 Å². The molecule has 0 spiro atoms. The van der Waals surface area contributed by atoms with E-state index in [1.807, 2.05) is 56.5 Å². The van der Waals surface area contributed by atoms with Gasteiger partial charge in [-0.25, -0.2) is 8.42 Å². The summed E-state index contributed by atoms with van der Waals surface area (Å²) >= 11 is 0. The zero-order valence-corrected chi connectivity index (χ0v) is 18.1. The van der Waals surface area contributed by atoms with Crippen molar-refractivity contribution in [1.29, 1.82) is 0 Å². The SMILES string of the molecule is Cc1cc(C(=O)COc2cccc3c2OC(C)(C)C3)c(C)n1[C@@H]1CCS(=O)(=O)C1. The summed E-state index contributed by atoms with van der Waals surface area (Å²) in [4.78, 5) is 12.9. The smallest absolute Gasteiger partial charge is 0.202 e. The van der Waals surface area contributed by atoms with Gasteiger partial charge in [0, 0.05) is 35.0 Å². The van der Waals surface area contributed by atoms with E-state index in [4.69, 9.17) is 9.47 Å². The second-order valence-electron chi connectivity index (χ2n) is 8.71. The second-order valence-corrected chi connectivity index (χ2v) is 10.9. The Kier molecular flexibility index (Phi) is 4.76. The minimum absolute atomic E-state index is 0.0898. The summed E-state index contributed by atoms with van der Waals surface area (Å²) in [5, 5.41) is 0. The average Bonchev–Trinajstić information content (AvgIpc) is 3.24. The van der Waals surface area contributed by atoms with Crippen LogP contribution in [0.25, 0.3) is 0 Å². The molecule has 3 heterocycles. The van der Waals surface area contributed by atoms with Crippen LogP contribution in [0.3, 0.4) is 0 Å². The summed E-state index contributed by atoms with van der Waals surface area (Å²) in [6.07, 6.45) is 1.39. The van der Waals surface area contributed by atoms with Gasteiger partial charge in [0.25, 0.3) is 0 Å². The van der Waals surface area contributed by atoms with Gasteiger partial charge in [0.15, 0.2) is 27.9 Å². The Labute approximate surface area is 171 Å². The first kappa shape index (κ1) is 20.0. The minimum atomic E-state index is -2.99. The molecular weight excluding hydrogens is 390 g/mol. The van der Waals surface area contributed by atoms with Crippen LogP contribution >= 0.6 is 0 Å². The van der Waals surface area contributed by atoms with E-state index in [1.54, 1.807) is 0 Å². The van der Waals surface area contributed by atoms with Crippen molar-refractivity contribution in [3.05, 3.63) is 46.8 Å². The summed E-state index contributed by atoms with van der Waals surface area (Å²) in [5.74, 6) is 1.51. The summed E-state index contributed by atoms with van der Waals surface area (Å²) in [6, 6.07) is 7.48. The van der Waals surface area contributed by atoms with Crippen LogP contribution in [0.2, 0.25) is 0 Å². The molecule has 0 amide bonds. The molecule has 0 aliphatic carbocycles. The first-order valence-corrected chi connectivity index (χ1v) is 11.7. The molecule has 0 N–H and O–H groups in total. The molecule has 1 aromatic carbocycles. The molecule has 0 saturated carbocycles. The van der Waals surface area contributed by atoms with Gasteiger partial charge in [-0.05, 0) is 46.2 Å². The molecule has 2 aliphatic heterocycles. The quantitative estimate of drug-likeness (QED) is 0.697. The lowest BCUT2D eigenvalue weighted by Crippen LogP contribution is -2.24. The molecule has 2 aliphatic rings. The molecule has 0 bridgehead atoms. The molecule has 1 aromatic heterocycles. The normalized spacial score (nSPS) is 21.6. The highest BCUT2D eigenvalue weighted by atomic mass is 32.2. The van der Waals surface area contributed by atoms with Gasteiger partial charge >= 0.3 is 0 Å². The number of fused-ring (bicyclic) bond motifs is 1. The van der Waals surface area contributed by atoms with Crippen molar-refractivity contribution in [2.75, 3.05) is 18.1 Å². The molecule has 29 heavy (non-hydrogen) atoms. The number of nitrogens with zero attached hydrogens (tertiary/aromatic N) is 1. The van der Waals surface area contributed by atoms with E-state index in [9.17, 15) is 13.2 Å². The molecule has 1 saturated heterocycles. The van der Waals surface area contributed by atoms with Crippen molar-refractivity contribution in [3.8, 4) is 11.5 Å². The van der Waals surface area contributed by atoms with Crippen LogP contribution in [0.1, 0.15) is 53.6 Å². The lowest BCUT2D eigenvalue weighted by Gasteiger charge is -2.18. The lowest BCUT2D eigenvalue weighted by atomic mass is 10.0. The van der Waals surface area contributed by atoms with Crippen molar-refractivity contribution < 1.29 is 22.7 Å². The number of carbonyl (C=O) groups is 1. The Morgan fingerprint density at radius 1 is 1.31 bits per heavy atom. The summed E-state index contributed by atoms with van der Waals surface area (Å²) in [5.41, 5.74) is 3.09. The number of sulfone groups is 1. The molecule has 0 unspecified atom stereocenters. The number of ether oxygens (including phenoxy) is 2. The maximum absolute atomic E-state index is 12.9. The number of aryl methyl sites for hydroxylation is 1. The maximum atomic E-state index is 12.9. The van der Waals surface area contributed by atoms with Crippen LogP contribution in [-0.2, 0) is 16.3 Å². The van der Waals surface area contributed by atoms with Crippen molar-refractivity contribution in [2.24, 2.45) is 0 Å². The monoisotopic (exact) mass is 417 g/mol. The van der Waals surface area contributed by atoms with E-state index in [0.717, 1.165) is 23.4 Å². The van der Waals surface area contributed by atoms with Gasteiger partial charge < -0.3 is 14.0 Å². The van der Waals surface area contributed by atoms with Gasteiger partial charge in [-0.2, -0.15) is 0 Å². The van der Waals surface area contributed by atoms with Gasteiger partial charge in [-0.1, -0.05) is 12.1 Å². The zero-order chi connectivity index (χ0) is 21.0. The van der Waals surface area contributed by atoms with Crippen LogP contribution in [0.4, 0.5) is 0 Å². The van der Waals surface area contributed by atoms with Crippen LogP contribution in [-0.4, -0.2) is 42.5 Å². The predicted molar refractivity (Wildman–Crippen MR) is 111 cm³/mol. The van der Waals surface area contributed by atoms with E-state index in [-0.39, 0.29) is 35.5 Å². The van der Waals surface area contributed by atoms with Crippen LogP contribution in [0, 0.1) is 13.8 Å². The molecule has 1 atom stereocenters. The predicted octanol–water partition coefficient (Wildman–Crippen LogP) is 3.44. The Balaban J connectivity index is 1.51. The Morgan fingerprint density at radius 3 is 2.76 bits per heavy atom. The van der Waals surface area contributed by atoms with Crippen molar-refractivity contribution in [2.45, 2.75) is 52.2 Å². The minimum Gasteiger partial charge on any atom is -0.483 e. The molecule has 6 nitrogen and oxygen atoms in total. The number of aromatic nitrogens is 1. The fourth-order valence-corrected chi connectivity index (χ4v) is 6.22. The Hall–Kier alpha value is -2.28. The number of hydrogen-bond donors (Lipinski definition) is 0. The molecule has 7 heteroatoms. The highest BCUT2D eigenvalue weighted by Gasteiger charge is 2.33. The number of hydrogen-bond acceptors (Lipinski definition) is 5. The third kappa shape index (κ3) is 3.80. The molecule has 2 aromatic rings. The number of benzene rings is 1. The molecular formula is C22H27NO5S. The summed E-state index contributed by atoms with van der Waals surface area (Å²) < 4.78 is 37.6. The number of Topliss-reactive ketones (excluding diaryl/α,β-unsaturated/α-hetero) is 1. The summed E-state index contributed by atoms with van der Waals surface area (Å²) in [6.45, 7) is 7.75. The van der Waals surface area contributed by atoms with Gasteiger partial charge in [-0.3, -0.25) is 4.79 Å².